The summed E-state index contributed by atoms with van der Waals surface area (Å²) >= 11 is 11.8. The topological polar surface area (TPSA) is 348 Å². The van der Waals surface area contributed by atoms with Gasteiger partial charge < -0.3 is 49.5 Å². The van der Waals surface area contributed by atoms with Crippen LogP contribution in [0.1, 0.15) is 91.6 Å². The molecule has 0 unspecified atom stereocenters. The predicted molar refractivity (Wildman–Crippen MR) is 220 cm³/mol. The van der Waals surface area contributed by atoms with Crippen molar-refractivity contribution < 1.29 is 9.59 Å². The van der Waals surface area contributed by atoms with E-state index in [0.29, 0.717) is 69.7 Å². The largest absolute Gasteiger partial charge is 0.382 e. The maximum absolute atomic E-state index is 12.7. The Hall–Kier alpha value is -5.77. The summed E-state index contributed by atoms with van der Waals surface area (Å²) in [6, 6.07) is -0.0681. The van der Waals surface area contributed by atoms with Crippen LogP contribution in [0.15, 0.2) is 9.98 Å². The first-order valence-electron chi connectivity index (χ1n) is 18.8. The molecule has 2 aliphatic heterocycles. The van der Waals surface area contributed by atoms with E-state index in [0.717, 1.165) is 25.7 Å². The highest BCUT2D eigenvalue weighted by atomic mass is 35.5. The van der Waals surface area contributed by atoms with Crippen LogP contribution in [0.3, 0.4) is 0 Å². The van der Waals surface area contributed by atoms with Crippen LogP contribution < -0.4 is 60.2 Å². The van der Waals surface area contributed by atoms with Crippen molar-refractivity contribution >= 4 is 88.1 Å². The summed E-state index contributed by atoms with van der Waals surface area (Å²) < 4.78 is 0. The second-order valence-electron chi connectivity index (χ2n) is 14.1. The number of hydrogen-bond acceptors (Lipinski definition) is 18. The number of nitrogen functional groups attached to an aromatic ring is 4. The van der Waals surface area contributed by atoms with E-state index >= 15 is 0 Å². The molecule has 3 fully saturated rings. The van der Waals surface area contributed by atoms with E-state index in [-0.39, 0.29) is 75.0 Å². The van der Waals surface area contributed by atoms with E-state index in [1.807, 2.05) is 0 Å². The highest BCUT2D eigenvalue weighted by Crippen LogP contribution is 2.27. The molecule has 3 aromatic rings. The van der Waals surface area contributed by atoms with Crippen LogP contribution >= 0.6 is 23.2 Å². The lowest BCUT2D eigenvalue weighted by Crippen LogP contribution is -2.42. The molecule has 2 saturated heterocycles. The van der Waals surface area contributed by atoms with Crippen molar-refractivity contribution in [2.24, 2.45) is 21.5 Å². The molecule has 15 N–H and O–H groups in total. The van der Waals surface area contributed by atoms with Crippen LogP contribution in [-0.2, 0) is 0 Å². The molecular weight excluding hydrogens is 779 g/mol. The minimum Gasteiger partial charge on any atom is -0.382 e. The first-order valence-corrected chi connectivity index (χ1v) is 19.6. The average Bonchev–Trinajstić information content (AvgIpc) is 3.16. The van der Waals surface area contributed by atoms with Gasteiger partial charge >= 0.3 is 0 Å². The number of aliphatic imine (C=N–C) groups is 2. The van der Waals surface area contributed by atoms with Gasteiger partial charge in [0.15, 0.2) is 56.9 Å². The van der Waals surface area contributed by atoms with Crippen molar-refractivity contribution in [2.75, 3.05) is 64.2 Å². The van der Waals surface area contributed by atoms with Crippen molar-refractivity contribution in [3.63, 3.8) is 0 Å². The van der Waals surface area contributed by atoms with Gasteiger partial charge in [-0.3, -0.25) is 20.2 Å². The molecule has 2 amide bonds. The van der Waals surface area contributed by atoms with Gasteiger partial charge in [0, 0.05) is 32.2 Å². The van der Waals surface area contributed by atoms with Gasteiger partial charge in [-0.2, -0.15) is 15.0 Å². The van der Waals surface area contributed by atoms with Crippen LogP contribution in [0.2, 0.25) is 10.3 Å². The molecule has 1 aliphatic carbocycles. The molecular formula is C33H48Cl2N20O2. The zero-order valence-electron chi connectivity index (χ0n) is 31.3. The van der Waals surface area contributed by atoms with Gasteiger partial charge in [-0.15, -0.1) is 0 Å². The smallest absolute Gasteiger partial charge is 0.280 e. The Morgan fingerprint density at radius 3 is 1.39 bits per heavy atom. The molecule has 0 atom stereocenters. The zero-order chi connectivity index (χ0) is 40.6. The monoisotopic (exact) mass is 826 g/mol. The number of amides is 2. The molecule has 5 heterocycles. The number of anilines is 7. The molecule has 24 heteroatoms. The normalized spacial score (nSPS) is 18.1. The summed E-state index contributed by atoms with van der Waals surface area (Å²) in [6.07, 6.45) is 10.6. The fourth-order valence-electron chi connectivity index (χ4n) is 6.90. The third-order valence-corrected chi connectivity index (χ3v) is 10.5. The average molecular weight is 828 g/mol. The fourth-order valence-corrected chi connectivity index (χ4v) is 7.15. The van der Waals surface area contributed by atoms with E-state index in [9.17, 15) is 9.59 Å². The van der Waals surface area contributed by atoms with Crippen LogP contribution in [0.4, 0.5) is 41.1 Å². The number of nitrogens with one attached hydrogen (secondary N) is 3. The van der Waals surface area contributed by atoms with Crippen molar-refractivity contribution in [3.8, 4) is 0 Å². The summed E-state index contributed by atoms with van der Waals surface area (Å²) in [5.74, 6) is -0.430. The standard InChI is InChI=1S/C33H48Cl2N20O2/c34-21-25(38)47-23(36)19(45-21)27(56)49-29(40)42-17-8-12-54(13-9-17)32-51-31(44-16-6-4-2-1-3-5-7-16)52-33(53-32)55-14-10-18(11-15-55)43-30(41)50-28(57)20-24(37)48-26(39)22(35)46-20/h16-18H,1-15H2,(H4,36,38,47)(H4,37,39,48)(H3,40,42,49,56)(H3,41,43,50,57)(H,44,51,52,53). The molecule has 306 valence electrons. The van der Waals surface area contributed by atoms with Gasteiger partial charge in [0.2, 0.25) is 17.8 Å². The Morgan fingerprint density at radius 1 is 0.561 bits per heavy atom. The Balaban J connectivity index is 1.10. The lowest BCUT2D eigenvalue weighted by atomic mass is 9.97. The minimum atomic E-state index is -0.699. The lowest BCUT2D eigenvalue weighted by Gasteiger charge is -2.33. The number of piperidine rings is 2. The van der Waals surface area contributed by atoms with Gasteiger partial charge in [0.05, 0.1) is 12.1 Å². The molecule has 6 rings (SSSR count). The van der Waals surface area contributed by atoms with Crippen molar-refractivity contribution in [1.82, 2.24) is 45.5 Å². The highest BCUT2D eigenvalue weighted by molar-refractivity contribution is 6.32. The van der Waals surface area contributed by atoms with E-state index in [4.69, 9.17) is 72.6 Å². The number of nitrogens with zero attached hydrogens (tertiary/aromatic N) is 11. The van der Waals surface area contributed by atoms with Crippen molar-refractivity contribution in [1.29, 1.82) is 0 Å². The number of carbonyl (C=O) groups is 2. The van der Waals surface area contributed by atoms with E-state index < -0.39 is 11.8 Å². The summed E-state index contributed by atoms with van der Waals surface area (Å²) in [4.78, 5) is 68.9. The number of aromatic nitrogens is 7. The van der Waals surface area contributed by atoms with Gasteiger partial charge in [-0.1, -0.05) is 55.3 Å². The fraction of sp³-hybridized carbons (Fsp3) is 0.545. The summed E-state index contributed by atoms with van der Waals surface area (Å²) in [7, 11) is 0. The van der Waals surface area contributed by atoms with E-state index in [1.54, 1.807) is 0 Å². The Labute approximate surface area is 338 Å². The maximum atomic E-state index is 12.7. The highest BCUT2D eigenvalue weighted by Gasteiger charge is 2.27. The first-order chi connectivity index (χ1) is 27.3. The molecule has 1 saturated carbocycles. The quantitative estimate of drug-likeness (QED) is 0.113. The second-order valence-corrected chi connectivity index (χ2v) is 14.8. The van der Waals surface area contributed by atoms with Crippen LogP contribution in [0.5, 0.6) is 0 Å². The maximum Gasteiger partial charge on any atom is 0.280 e. The first kappa shape index (κ1) is 40.9. The third-order valence-electron chi connectivity index (χ3n) is 9.91. The Kier molecular flexibility index (Phi) is 13.2. The van der Waals surface area contributed by atoms with Gasteiger partial charge in [-0.25, -0.2) is 29.9 Å². The number of halogens is 2. The Bertz CT molecular complexity index is 1870. The van der Waals surface area contributed by atoms with Gasteiger partial charge in [-0.05, 0) is 38.5 Å². The molecule has 0 aromatic carbocycles. The van der Waals surface area contributed by atoms with Crippen LogP contribution in [0, 0.1) is 0 Å². The zero-order valence-corrected chi connectivity index (χ0v) is 32.8. The van der Waals surface area contributed by atoms with Gasteiger partial charge in [0.25, 0.3) is 11.8 Å². The van der Waals surface area contributed by atoms with Crippen molar-refractivity contribution in [2.45, 2.75) is 88.8 Å². The number of nitrogens with two attached hydrogens (primary N) is 6. The van der Waals surface area contributed by atoms with Crippen molar-refractivity contribution in [3.05, 3.63) is 21.7 Å². The molecule has 3 aliphatic rings. The number of carbonyl (C=O) groups excluding carboxylic acids is 2. The molecule has 3 aromatic heterocycles. The number of rotatable bonds is 8. The molecule has 0 radical (unpaired) electrons. The number of guanidine groups is 2. The van der Waals surface area contributed by atoms with Crippen LogP contribution in [-0.4, -0.2) is 103 Å². The predicted octanol–water partition coefficient (Wildman–Crippen LogP) is 1.04. The summed E-state index contributed by atoms with van der Waals surface area (Å²) in [5, 5.41) is 8.34. The Morgan fingerprint density at radius 2 is 0.965 bits per heavy atom. The minimum absolute atomic E-state index is 0.0803. The van der Waals surface area contributed by atoms with Crippen LogP contribution in [0.25, 0.3) is 0 Å². The van der Waals surface area contributed by atoms with E-state index in [2.05, 4.69) is 55.7 Å². The molecule has 0 bridgehead atoms. The summed E-state index contributed by atoms with van der Waals surface area (Å²) in [6.45, 7) is 2.37. The summed E-state index contributed by atoms with van der Waals surface area (Å²) in [5.41, 5.74) is 34.6. The molecule has 0 spiro atoms. The second kappa shape index (κ2) is 18.4. The molecule has 57 heavy (non-hydrogen) atoms. The third kappa shape index (κ3) is 10.8. The van der Waals surface area contributed by atoms with E-state index in [1.165, 1.54) is 19.3 Å². The number of hydrogen-bond donors (Lipinski definition) is 9. The van der Waals surface area contributed by atoms with Gasteiger partial charge in [0.1, 0.15) is 0 Å². The SMILES string of the molecule is NC(=NC1CCN(c2nc(NC3CCCCCCC3)nc(N3CCC(N=C(N)NC(=O)c4nc(Cl)c(N)nc4N)CC3)n2)CC1)NC(=O)c1nc(Cl)c(N)nc1N. The molecule has 22 nitrogen and oxygen atoms in total. The lowest BCUT2D eigenvalue weighted by molar-refractivity contribution is 0.0963.